The highest BCUT2D eigenvalue weighted by Gasteiger charge is 2.34. The number of likely N-dealkylation sites (tertiary alicyclic amines) is 1. The van der Waals surface area contributed by atoms with Gasteiger partial charge in [-0.3, -0.25) is 4.79 Å². The molecular formula is C16H22N5O2S. The predicted octanol–water partition coefficient (Wildman–Crippen LogP) is 0.587. The van der Waals surface area contributed by atoms with Crippen LogP contribution in [0.1, 0.15) is 25.5 Å². The molecule has 129 valence electrons. The molecule has 0 aromatic carbocycles. The predicted molar refractivity (Wildman–Crippen MR) is 92.4 cm³/mol. The lowest BCUT2D eigenvalue weighted by Gasteiger charge is -2.33. The topological polar surface area (TPSA) is 84.4 Å². The molecule has 0 saturated carbocycles. The summed E-state index contributed by atoms with van der Waals surface area (Å²) in [4.78, 5) is 25.5. The average molecular weight is 348 g/mol. The van der Waals surface area contributed by atoms with Crippen molar-refractivity contribution in [1.29, 1.82) is 0 Å². The fraction of sp³-hybridized carbons (Fsp3) is 0.625. The normalized spacial score (nSPS) is 23.8. The zero-order chi connectivity index (χ0) is 16.7. The number of nitrogens with zero attached hydrogens (tertiary/aromatic N) is 4. The Balaban J connectivity index is 1.54. The molecule has 24 heavy (non-hydrogen) atoms. The summed E-state index contributed by atoms with van der Waals surface area (Å²) in [6.45, 7) is 4.88. The molecule has 0 spiro atoms. The molecule has 1 amide bonds. The van der Waals surface area contributed by atoms with E-state index in [1.807, 2.05) is 4.90 Å². The molecule has 4 heterocycles. The second kappa shape index (κ2) is 6.40. The summed E-state index contributed by atoms with van der Waals surface area (Å²) in [6, 6.07) is 0.257. The molecule has 7 nitrogen and oxygen atoms in total. The Hall–Kier alpha value is -1.54. The van der Waals surface area contributed by atoms with Crippen LogP contribution in [0.5, 0.6) is 0 Å². The van der Waals surface area contributed by atoms with Crippen molar-refractivity contribution >= 4 is 28.8 Å². The van der Waals surface area contributed by atoms with Gasteiger partial charge in [0, 0.05) is 52.0 Å². The number of aromatic nitrogens is 2. The van der Waals surface area contributed by atoms with Crippen molar-refractivity contribution in [2.45, 2.75) is 37.1 Å². The molecule has 3 aliphatic heterocycles. The Morgan fingerprint density at radius 3 is 2.71 bits per heavy atom. The van der Waals surface area contributed by atoms with Gasteiger partial charge < -0.3 is 19.7 Å². The maximum atomic E-state index is 12.4. The van der Waals surface area contributed by atoms with E-state index in [0.29, 0.717) is 5.75 Å². The highest BCUT2D eigenvalue weighted by Crippen LogP contribution is 2.33. The zero-order valence-corrected chi connectivity index (χ0v) is 14.6. The number of carbonyl (C=O) groups excluding carboxylic acids is 1. The lowest BCUT2D eigenvalue weighted by molar-refractivity contribution is -0.129. The van der Waals surface area contributed by atoms with Crippen LogP contribution in [0.15, 0.2) is 4.90 Å². The van der Waals surface area contributed by atoms with Gasteiger partial charge >= 0.3 is 0 Å². The third-order valence-corrected chi connectivity index (χ3v) is 6.40. The van der Waals surface area contributed by atoms with Crippen molar-refractivity contribution in [3.63, 3.8) is 0 Å². The van der Waals surface area contributed by atoms with Crippen molar-refractivity contribution < 1.29 is 9.35 Å². The van der Waals surface area contributed by atoms with Crippen molar-refractivity contribution in [3.05, 3.63) is 12.1 Å². The molecule has 1 N–H and O–H groups in total. The first-order valence-corrected chi connectivity index (χ1v) is 9.81. The van der Waals surface area contributed by atoms with Crippen LogP contribution in [0.2, 0.25) is 0 Å². The molecule has 1 radical (unpaired) electrons. The second-order valence-electron chi connectivity index (χ2n) is 6.57. The first-order valence-electron chi connectivity index (χ1n) is 8.50. The van der Waals surface area contributed by atoms with E-state index in [1.54, 1.807) is 6.92 Å². The van der Waals surface area contributed by atoms with Gasteiger partial charge in [-0.2, -0.15) is 4.98 Å². The number of rotatable bonds is 3. The molecule has 1 aromatic heterocycles. The molecule has 0 bridgehead atoms. The van der Waals surface area contributed by atoms with Crippen molar-refractivity contribution in [3.8, 4) is 0 Å². The van der Waals surface area contributed by atoms with E-state index in [4.69, 9.17) is 0 Å². The minimum atomic E-state index is -1.01. The van der Waals surface area contributed by atoms with Gasteiger partial charge in [0.1, 0.15) is 11.4 Å². The first kappa shape index (κ1) is 16.0. The molecule has 8 heteroatoms. The standard InChI is InChI=1S/C16H22N5O2S/c1-11(22)20-8-3-12(4-9-20)17-15-14-13(5-10-24(14)23)18-16(19-15)21-6-2-7-21/h2,12H,3-10H2,1H3,(H,17,18,19). The molecule has 4 rings (SSSR count). The molecule has 2 saturated heterocycles. The van der Waals surface area contributed by atoms with E-state index in [2.05, 4.69) is 26.6 Å². The summed E-state index contributed by atoms with van der Waals surface area (Å²) < 4.78 is 12.4. The number of anilines is 2. The Bertz CT molecular complexity index is 644. The van der Waals surface area contributed by atoms with Crippen LogP contribution in [-0.2, 0) is 22.4 Å². The fourth-order valence-electron chi connectivity index (χ4n) is 3.38. The van der Waals surface area contributed by atoms with Gasteiger partial charge in [0.2, 0.25) is 16.8 Å². The molecule has 2 fully saturated rings. The van der Waals surface area contributed by atoms with E-state index in [9.17, 15) is 9.35 Å². The quantitative estimate of drug-likeness (QED) is 0.805. The smallest absolute Gasteiger partial charge is 0.227 e. The lowest BCUT2D eigenvalue weighted by Crippen LogP contribution is -2.42. The van der Waals surface area contributed by atoms with E-state index in [-0.39, 0.29) is 11.9 Å². The molecule has 0 aliphatic carbocycles. The SMILES string of the molecule is CC(=O)N1CCC(Nc2nc(N3C[CH]C3)nc3c2[S+]([O-])CC3)CC1. The van der Waals surface area contributed by atoms with Gasteiger partial charge in [0.15, 0.2) is 5.82 Å². The number of hydrogen-bond acceptors (Lipinski definition) is 6. The number of fused-ring (bicyclic) bond motifs is 1. The van der Waals surface area contributed by atoms with Gasteiger partial charge in [0.05, 0.1) is 0 Å². The largest absolute Gasteiger partial charge is 0.611 e. The summed E-state index contributed by atoms with van der Waals surface area (Å²) in [5.74, 6) is 2.24. The minimum Gasteiger partial charge on any atom is -0.611 e. The third kappa shape index (κ3) is 2.93. The number of amides is 1. The summed E-state index contributed by atoms with van der Waals surface area (Å²) >= 11 is -1.01. The van der Waals surface area contributed by atoms with E-state index in [1.165, 1.54) is 0 Å². The van der Waals surface area contributed by atoms with Crippen LogP contribution in [-0.4, -0.2) is 63.3 Å². The van der Waals surface area contributed by atoms with Gasteiger partial charge in [-0.15, -0.1) is 0 Å². The van der Waals surface area contributed by atoms with Crippen molar-refractivity contribution in [2.24, 2.45) is 0 Å². The van der Waals surface area contributed by atoms with Gasteiger partial charge in [0.25, 0.3) is 0 Å². The number of nitrogens with one attached hydrogen (secondary N) is 1. The molecule has 1 aromatic rings. The third-order valence-electron chi connectivity index (χ3n) is 4.94. The van der Waals surface area contributed by atoms with Gasteiger partial charge in [-0.1, -0.05) is 0 Å². The molecule has 1 unspecified atom stereocenters. The Morgan fingerprint density at radius 1 is 1.33 bits per heavy atom. The van der Waals surface area contributed by atoms with Crippen LogP contribution in [0.3, 0.4) is 0 Å². The Labute approximate surface area is 145 Å². The van der Waals surface area contributed by atoms with Gasteiger partial charge in [-0.05, 0) is 24.0 Å². The lowest BCUT2D eigenvalue weighted by atomic mass is 10.1. The molecular weight excluding hydrogens is 326 g/mol. The monoisotopic (exact) mass is 348 g/mol. The van der Waals surface area contributed by atoms with Crippen LogP contribution in [0, 0.1) is 6.42 Å². The maximum Gasteiger partial charge on any atom is 0.227 e. The van der Waals surface area contributed by atoms with Crippen LogP contribution in [0.4, 0.5) is 11.8 Å². The number of hydrogen-bond donors (Lipinski definition) is 1. The summed E-state index contributed by atoms with van der Waals surface area (Å²) in [7, 11) is 0. The van der Waals surface area contributed by atoms with Crippen LogP contribution < -0.4 is 10.2 Å². The first-order chi connectivity index (χ1) is 11.6. The summed E-state index contributed by atoms with van der Waals surface area (Å²) in [5, 5.41) is 3.50. The molecule has 1 atom stereocenters. The Morgan fingerprint density at radius 2 is 2.08 bits per heavy atom. The number of piperidine rings is 1. The number of aryl methyl sites for hydroxylation is 1. The van der Waals surface area contributed by atoms with Gasteiger partial charge in [-0.25, -0.2) is 4.98 Å². The van der Waals surface area contributed by atoms with Crippen LogP contribution >= 0.6 is 0 Å². The Kier molecular flexibility index (Phi) is 4.26. The van der Waals surface area contributed by atoms with E-state index >= 15 is 0 Å². The molecule has 3 aliphatic rings. The van der Waals surface area contributed by atoms with Crippen LogP contribution in [0.25, 0.3) is 0 Å². The average Bonchev–Trinajstić information content (AvgIpc) is 2.88. The van der Waals surface area contributed by atoms with Crippen molar-refractivity contribution in [1.82, 2.24) is 14.9 Å². The summed E-state index contributed by atoms with van der Waals surface area (Å²) in [6.07, 6.45) is 4.71. The minimum absolute atomic E-state index is 0.133. The maximum absolute atomic E-state index is 12.4. The zero-order valence-electron chi connectivity index (χ0n) is 13.8. The summed E-state index contributed by atoms with van der Waals surface area (Å²) in [5.41, 5.74) is 0.925. The second-order valence-corrected chi connectivity index (χ2v) is 8.07. The fourth-order valence-corrected chi connectivity index (χ4v) is 4.69. The van der Waals surface area contributed by atoms with E-state index in [0.717, 1.165) is 67.8 Å². The van der Waals surface area contributed by atoms with E-state index < -0.39 is 11.2 Å². The van der Waals surface area contributed by atoms with Crippen molar-refractivity contribution in [2.75, 3.05) is 42.1 Å². The number of carbonyl (C=O) groups is 1. The highest BCUT2D eigenvalue weighted by atomic mass is 32.2. The highest BCUT2D eigenvalue weighted by molar-refractivity contribution is 7.91.